The van der Waals surface area contributed by atoms with Crippen LogP contribution in [0.15, 0.2) is 24.3 Å². The molecule has 2 aromatic rings. The average molecular weight is 389 g/mol. The molecule has 0 aliphatic rings. The Kier molecular flexibility index (Phi) is 5.60. The van der Waals surface area contributed by atoms with Gasteiger partial charge in [0.15, 0.2) is 0 Å². The van der Waals surface area contributed by atoms with Crippen molar-refractivity contribution in [3.8, 4) is 0 Å². The van der Waals surface area contributed by atoms with E-state index >= 15 is 0 Å². The molecule has 1 aromatic carbocycles. The highest BCUT2D eigenvalue weighted by molar-refractivity contribution is 6.31. The van der Waals surface area contributed by atoms with Crippen molar-refractivity contribution in [2.24, 2.45) is 7.05 Å². The lowest BCUT2D eigenvalue weighted by atomic mass is 10.2. The van der Waals surface area contributed by atoms with Crippen LogP contribution >= 0.6 is 11.6 Å². The summed E-state index contributed by atoms with van der Waals surface area (Å²) >= 11 is 5.53. The van der Waals surface area contributed by atoms with E-state index in [1.807, 2.05) is 0 Å². The van der Waals surface area contributed by atoms with Crippen LogP contribution in [0, 0.1) is 6.92 Å². The number of benzene rings is 1. The Labute approximate surface area is 152 Å². The van der Waals surface area contributed by atoms with Gasteiger partial charge in [-0.2, -0.15) is 18.3 Å². The molecule has 0 atom stereocenters. The number of hydrogen-bond donors (Lipinski definition) is 1. The minimum atomic E-state index is -4.64. The van der Waals surface area contributed by atoms with Crippen molar-refractivity contribution in [3.63, 3.8) is 0 Å². The van der Waals surface area contributed by atoms with Gasteiger partial charge in [-0.25, -0.2) is 0 Å². The minimum absolute atomic E-state index is 0.0658. The van der Waals surface area contributed by atoms with Crippen molar-refractivity contribution >= 4 is 29.1 Å². The summed E-state index contributed by atoms with van der Waals surface area (Å²) in [6.07, 6.45) is -4.64. The highest BCUT2D eigenvalue weighted by atomic mass is 35.5. The van der Waals surface area contributed by atoms with Crippen molar-refractivity contribution in [3.05, 3.63) is 46.2 Å². The van der Waals surface area contributed by atoms with Gasteiger partial charge in [-0.1, -0.05) is 11.6 Å². The molecule has 0 saturated heterocycles. The van der Waals surface area contributed by atoms with Crippen molar-refractivity contribution in [1.29, 1.82) is 0 Å². The summed E-state index contributed by atoms with van der Waals surface area (Å²) in [5, 5.41) is 5.91. The second-order valence-electron chi connectivity index (χ2n) is 5.70. The van der Waals surface area contributed by atoms with Gasteiger partial charge in [-0.3, -0.25) is 14.3 Å². The van der Waals surface area contributed by atoms with E-state index < -0.39 is 28.6 Å². The second-order valence-corrected chi connectivity index (χ2v) is 6.10. The third-order valence-corrected chi connectivity index (χ3v) is 3.83. The number of hydrogen-bond acceptors (Lipinski definition) is 3. The molecule has 6 nitrogen and oxygen atoms in total. The van der Waals surface area contributed by atoms with Crippen LogP contribution in [0.25, 0.3) is 0 Å². The molecule has 0 aliphatic heterocycles. The molecule has 2 amide bonds. The quantitative estimate of drug-likeness (QED) is 0.875. The number of aryl methyl sites for hydroxylation is 2. The lowest BCUT2D eigenvalue weighted by Gasteiger charge is -2.17. The fourth-order valence-electron chi connectivity index (χ4n) is 2.31. The maximum absolute atomic E-state index is 12.9. The number of likely N-dealkylation sites (N-methyl/N-ethyl adjacent to an activating group) is 1. The Bertz CT molecular complexity index is 849. The van der Waals surface area contributed by atoms with E-state index in [0.717, 1.165) is 17.0 Å². The van der Waals surface area contributed by atoms with Gasteiger partial charge in [-0.15, -0.1) is 0 Å². The Balaban J connectivity index is 2.07. The van der Waals surface area contributed by atoms with Crippen LogP contribution in [-0.2, 0) is 18.0 Å². The van der Waals surface area contributed by atoms with Crippen molar-refractivity contribution < 1.29 is 22.8 Å². The van der Waals surface area contributed by atoms with Gasteiger partial charge >= 0.3 is 6.18 Å². The Morgan fingerprint density at radius 3 is 2.50 bits per heavy atom. The van der Waals surface area contributed by atoms with Gasteiger partial charge < -0.3 is 10.2 Å². The predicted molar refractivity (Wildman–Crippen MR) is 90.0 cm³/mol. The number of anilines is 1. The number of carbonyl (C=O) groups is 2. The number of carbonyl (C=O) groups excluding carboxylic acids is 2. The zero-order valence-electron chi connectivity index (χ0n) is 14.2. The van der Waals surface area contributed by atoms with Crippen LogP contribution in [-0.4, -0.2) is 40.1 Å². The number of nitrogens with zero attached hydrogens (tertiary/aromatic N) is 3. The van der Waals surface area contributed by atoms with Gasteiger partial charge in [0, 0.05) is 19.8 Å². The van der Waals surface area contributed by atoms with E-state index in [1.165, 1.54) is 17.8 Å². The maximum atomic E-state index is 12.9. The average Bonchev–Trinajstić information content (AvgIpc) is 2.85. The number of nitrogens with one attached hydrogen (secondary N) is 1. The molecular formula is C16H16ClF3N4O2. The van der Waals surface area contributed by atoms with Gasteiger partial charge in [0.1, 0.15) is 5.69 Å². The first-order chi connectivity index (χ1) is 12.0. The molecule has 2 rings (SSSR count). The van der Waals surface area contributed by atoms with Crippen LogP contribution < -0.4 is 5.32 Å². The number of rotatable bonds is 4. The number of aromatic nitrogens is 2. The smallest absolute Gasteiger partial charge is 0.331 e. The zero-order valence-corrected chi connectivity index (χ0v) is 14.9. The lowest BCUT2D eigenvalue weighted by molar-refractivity contribution is -0.137. The fourth-order valence-corrected chi connectivity index (χ4v) is 2.54. The monoisotopic (exact) mass is 388 g/mol. The van der Waals surface area contributed by atoms with Crippen molar-refractivity contribution in [1.82, 2.24) is 14.7 Å². The van der Waals surface area contributed by atoms with E-state index in [-0.39, 0.29) is 12.2 Å². The largest absolute Gasteiger partial charge is 0.417 e. The lowest BCUT2D eigenvalue weighted by Crippen LogP contribution is -2.35. The first-order valence-electron chi connectivity index (χ1n) is 7.41. The third kappa shape index (κ3) is 4.54. The maximum Gasteiger partial charge on any atom is 0.417 e. The van der Waals surface area contributed by atoms with Crippen LogP contribution in [0.3, 0.4) is 0 Å². The zero-order chi connectivity index (χ0) is 19.6. The van der Waals surface area contributed by atoms with Crippen molar-refractivity contribution in [2.75, 3.05) is 18.9 Å². The summed E-state index contributed by atoms with van der Waals surface area (Å²) in [4.78, 5) is 25.5. The molecule has 0 spiro atoms. The molecular weight excluding hydrogens is 373 g/mol. The van der Waals surface area contributed by atoms with Crippen LogP contribution in [0.1, 0.15) is 21.7 Å². The summed E-state index contributed by atoms with van der Waals surface area (Å²) in [5.74, 6) is -1.08. The normalized spacial score (nSPS) is 11.3. The molecule has 0 saturated carbocycles. The number of amides is 2. The van der Waals surface area contributed by atoms with E-state index in [2.05, 4.69) is 10.4 Å². The molecule has 0 unspecified atom stereocenters. The molecule has 0 fully saturated rings. The van der Waals surface area contributed by atoms with E-state index in [1.54, 1.807) is 20.0 Å². The summed E-state index contributed by atoms with van der Waals surface area (Å²) in [7, 11) is 3.01. The Hall–Kier alpha value is -2.55. The SMILES string of the molecule is Cc1cc(C(=O)N(C)CC(=O)Nc2ccc(Cl)c(C(F)(F)F)c2)n(C)n1. The molecule has 0 bridgehead atoms. The highest BCUT2D eigenvalue weighted by Crippen LogP contribution is 2.36. The molecule has 1 N–H and O–H groups in total. The Morgan fingerprint density at radius 1 is 1.31 bits per heavy atom. The summed E-state index contributed by atoms with van der Waals surface area (Å²) in [6.45, 7) is 1.38. The predicted octanol–water partition coefficient (Wildman–Crippen LogP) is 3.11. The molecule has 26 heavy (non-hydrogen) atoms. The summed E-state index contributed by atoms with van der Waals surface area (Å²) in [6, 6.07) is 4.62. The topological polar surface area (TPSA) is 67.2 Å². The van der Waals surface area contributed by atoms with Gasteiger partial charge in [-0.05, 0) is 31.2 Å². The van der Waals surface area contributed by atoms with E-state index in [9.17, 15) is 22.8 Å². The molecule has 140 valence electrons. The third-order valence-electron chi connectivity index (χ3n) is 3.50. The summed E-state index contributed by atoms with van der Waals surface area (Å²) in [5.41, 5.74) is -0.172. The van der Waals surface area contributed by atoms with E-state index in [4.69, 9.17) is 11.6 Å². The molecule has 0 aliphatic carbocycles. The minimum Gasteiger partial charge on any atom is -0.331 e. The van der Waals surface area contributed by atoms with Crippen LogP contribution in [0.2, 0.25) is 5.02 Å². The first kappa shape index (κ1) is 19.8. The summed E-state index contributed by atoms with van der Waals surface area (Å²) < 4.78 is 39.9. The van der Waals surface area contributed by atoms with Crippen LogP contribution in [0.5, 0.6) is 0 Å². The molecule has 1 heterocycles. The highest BCUT2D eigenvalue weighted by Gasteiger charge is 2.33. The number of alkyl halides is 3. The molecule has 0 radical (unpaired) electrons. The van der Waals surface area contributed by atoms with Gasteiger partial charge in [0.25, 0.3) is 5.91 Å². The van der Waals surface area contributed by atoms with Crippen molar-refractivity contribution in [2.45, 2.75) is 13.1 Å². The molecule has 10 heteroatoms. The second kappa shape index (κ2) is 7.36. The van der Waals surface area contributed by atoms with E-state index in [0.29, 0.717) is 11.4 Å². The standard InChI is InChI=1S/C16H16ClF3N4O2/c1-9-6-13(24(3)22-9)15(26)23(2)8-14(25)21-10-4-5-12(17)11(7-10)16(18,19)20/h4-7H,8H2,1-3H3,(H,21,25). The number of halogens is 4. The first-order valence-corrected chi connectivity index (χ1v) is 7.79. The van der Waals surface area contributed by atoms with Gasteiger partial charge in [0.2, 0.25) is 5.91 Å². The van der Waals surface area contributed by atoms with Crippen LogP contribution in [0.4, 0.5) is 18.9 Å². The van der Waals surface area contributed by atoms with Gasteiger partial charge in [0.05, 0.1) is 22.8 Å². The fraction of sp³-hybridized carbons (Fsp3) is 0.312. The molecule has 1 aromatic heterocycles. The Morgan fingerprint density at radius 2 is 1.96 bits per heavy atom.